The smallest absolute Gasteiger partial charge is 0.264 e. The van der Waals surface area contributed by atoms with Crippen molar-refractivity contribution in [1.29, 1.82) is 0 Å². The van der Waals surface area contributed by atoms with E-state index in [4.69, 9.17) is 4.74 Å². The first-order chi connectivity index (χ1) is 11.5. The average Bonchev–Trinajstić information content (AvgIpc) is 2.95. The van der Waals surface area contributed by atoms with Gasteiger partial charge < -0.3 is 9.64 Å². The van der Waals surface area contributed by atoms with E-state index in [1.807, 2.05) is 23.1 Å². The number of rotatable bonds is 4. The molecule has 2 aromatic carbocycles. The van der Waals surface area contributed by atoms with Crippen LogP contribution in [0.4, 0.5) is 5.69 Å². The Balaban J connectivity index is 1.66. The van der Waals surface area contributed by atoms with Crippen LogP contribution in [0.25, 0.3) is 0 Å². The number of aryl methyl sites for hydroxylation is 2. The van der Waals surface area contributed by atoms with Crippen LogP contribution in [0.2, 0.25) is 0 Å². The number of fused-ring (bicyclic) bond motifs is 1. The van der Waals surface area contributed by atoms with Crippen LogP contribution in [0.3, 0.4) is 0 Å². The SMILES string of the molecule is Cc1ccc2c(c1)CCN2C(=O)COc1ccc(C(C)C)c(C)c1. The summed E-state index contributed by atoms with van der Waals surface area (Å²) in [6.45, 7) is 9.35. The fourth-order valence-corrected chi connectivity index (χ4v) is 3.40. The fraction of sp³-hybridized carbons (Fsp3) is 0.381. The van der Waals surface area contributed by atoms with Crippen molar-refractivity contribution in [2.45, 2.75) is 40.0 Å². The minimum Gasteiger partial charge on any atom is -0.484 e. The molecule has 0 fully saturated rings. The molecule has 1 aliphatic rings. The zero-order valence-electron chi connectivity index (χ0n) is 14.9. The van der Waals surface area contributed by atoms with Gasteiger partial charge in [-0.3, -0.25) is 4.79 Å². The van der Waals surface area contributed by atoms with Crippen molar-refractivity contribution in [3.05, 3.63) is 58.7 Å². The summed E-state index contributed by atoms with van der Waals surface area (Å²) in [6, 6.07) is 12.3. The molecule has 0 N–H and O–H groups in total. The molecule has 1 aliphatic heterocycles. The van der Waals surface area contributed by atoms with Crippen LogP contribution in [0.15, 0.2) is 36.4 Å². The number of benzene rings is 2. The first kappa shape index (κ1) is 16.6. The molecule has 1 amide bonds. The van der Waals surface area contributed by atoms with Crippen LogP contribution in [-0.4, -0.2) is 19.1 Å². The lowest BCUT2D eigenvalue weighted by Crippen LogP contribution is -2.33. The molecular formula is C21H25NO2. The number of ether oxygens (including phenoxy) is 1. The number of carbonyl (C=O) groups excluding carboxylic acids is 1. The highest BCUT2D eigenvalue weighted by Gasteiger charge is 2.24. The van der Waals surface area contributed by atoms with Crippen LogP contribution in [0, 0.1) is 13.8 Å². The summed E-state index contributed by atoms with van der Waals surface area (Å²) in [4.78, 5) is 14.4. The van der Waals surface area contributed by atoms with Crippen LogP contribution in [-0.2, 0) is 11.2 Å². The Morgan fingerprint density at radius 2 is 1.96 bits per heavy atom. The Kier molecular flexibility index (Phi) is 4.61. The summed E-state index contributed by atoms with van der Waals surface area (Å²) in [7, 11) is 0. The normalized spacial score (nSPS) is 13.3. The predicted molar refractivity (Wildman–Crippen MR) is 98.0 cm³/mol. The van der Waals surface area contributed by atoms with Gasteiger partial charge in [0.05, 0.1) is 0 Å². The van der Waals surface area contributed by atoms with Crippen molar-refractivity contribution in [3.8, 4) is 5.75 Å². The third kappa shape index (κ3) is 3.30. The van der Waals surface area contributed by atoms with Crippen LogP contribution >= 0.6 is 0 Å². The van der Waals surface area contributed by atoms with Crippen LogP contribution in [0.5, 0.6) is 5.75 Å². The average molecular weight is 323 g/mol. The first-order valence-corrected chi connectivity index (χ1v) is 8.59. The number of hydrogen-bond donors (Lipinski definition) is 0. The lowest BCUT2D eigenvalue weighted by Gasteiger charge is -2.18. The quantitative estimate of drug-likeness (QED) is 0.835. The second-order valence-corrected chi connectivity index (χ2v) is 6.89. The second-order valence-electron chi connectivity index (χ2n) is 6.89. The van der Waals surface area contributed by atoms with E-state index in [0.29, 0.717) is 5.92 Å². The van der Waals surface area contributed by atoms with Crippen molar-refractivity contribution in [1.82, 2.24) is 0 Å². The summed E-state index contributed by atoms with van der Waals surface area (Å²) in [5.74, 6) is 1.27. The van der Waals surface area contributed by atoms with Gasteiger partial charge in [-0.1, -0.05) is 37.6 Å². The van der Waals surface area contributed by atoms with Crippen molar-refractivity contribution >= 4 is 11.6 Å². The number of anilines is 1. The molecule has 0 unspecified atom stereocenters. The molecule has 1 heterocycles. The first-order valence-electron chi connectivity index (χ1n) is 8.59. The Bertz CT molecular complexity index is 764. The lowest BCUT2D eigenvalue weighted by atomic mass is 9.98. The minimum absolute atomic E-state index is 0.0168. The standard InChI is InChI=1S/C21H25NO2/c1-14(2)19-7-6-18(12-16(19)4)24-13-21(23)22-10-9-17-11-15(3)5-8-20(17)22/h5-8,11-12,14H,9-10,13H2,1-4H3. The van der Waals surface area contributed by atoms with E-state index in [1.165, 1.54) is 22.3 Å². The molecule has 0 saturated heterocycles. The molecule has 0 bridgehead atoms. The van der Waals surface area contributed by atoms with Gasteiger partial charge in [0.25, 0.3) is 5.91 Å². The number of hydrogen-bond acceptors (Lipinski definition) is 2. The predicted octanol–water partition coefficient (Wildman–Crippen LogP) is 4.39. The summed E-state index contributed by atoms with van der Waals surface area (Å²) >= 11 is 0. The van der Waals surface area contributed by atoms with E-state index >= 15 is 0 Å². The van der Waals surface area contributed by atoms with Gasteiger partial charge in [-0.2, -0.15) is 0 Å². The molecule has 24 heavy (non-hydrogen) atoms. The van der Waals surface area contributed by atoms with Crippen molar-refractivity contribution in [2.24, 2.45) is 0 Å². The molecule has 3 nitrogen and oxygen atoms in total. The van der Waals surface area contributed by atoms with Gasteiger partial charge in [0.1, 0.15) is 5.75 Å². The van der Waals surface area contributed by atoms with Crippen LogP contribution < -0.4 is 9.64 Å². The summed E-state index contributed by atoms with van der Waals surface area (Å²) in [5.41, 5.74) is 6.04. The summed E-state index contributed by atoms with van der Waals surface area (Å²) < 4.78 is 5.74. The van der Waals surface area contributed by atoms with E-state index in [9.17, 15) is 4.79 Å². The molecule has 0 atom stereocenters. The highest BCUT2D eigenvalue weighted by atomic mass is 16.5. The maximum absolute atomic E-state index is 12.5. The van der Waals surface area contributed by atoms with E-state index in [-0.39, 0.29) is 12.5 Å². The Morgan fingerprint density at radius 3 is 2.67 bits per heavy atom. The molecule has 126 valence electrons. The van der Waals surface area contributed by atoms with Gasteiger partial charge in [-0.25, -0.2) is 0 Å². The number of amides is 1. The molecule has 0 spiro atoms. The zero-order chi connectivity index (χ0) is 17.3. The summed E-state index contributed by atoms with van der Waals surface area (Å²) in [5, 5.41) is 0. The van der Waals surface area contributed by atoms with Gasteiger partial charge in [0.15, 0.2) is 6.61 Å². The van der Waals surface area contributed by atoms with Gasteiger partial charge in [-0.05, 0) is 61.1 Å². The number of nitrogens with zero attached hydrogens (tertiary/aromatic N) is 1. The van der Waals surface area contributed by atoms with E-state index < -0.39 is 0 Å². The van der Waals surface area contributed by atoms with Crippen LogP contribution in [0.1, 0.15) is 42.0 Å². The zero-order valence-corrected chi connectivity index (χ0v) is 14.9. The topological polar surface area (TPSA) is 29.5 Å². The molecule has 0 radical (unpaired) electrons. The highest BCUT2D eigenvalue weighted by Crippen LogP contribution is 2.29. The Hall–Kier alpha value is -2.29. The molecule has 3 heteroatoms. The molecule has 0 saturated carbocycles. The Labute approximate surface area is 144 Å². The fourth-order valence-electron chi connectivity index (χ4n) is 3.40. The van der Waals surface area contributed by atoms with Crippen molar-refractivity contribution in [2.75, 3.05) is 18.1 Å². The van der Waals surface area contributed by atoms with Crippen molar-refractivity contribution in [3.63, 3.8) is 0 Å². The molecule has 0 aliphatic carbocycles. The van der Waals surface area contributed by atoms with Crippen molar-refractivity contribution < 1.29 is 9.53 Å². The molecule has 0 aromatic heterocycles. The largest absolute Gasteiger partial charge is 0.484 e. The molecular weight excluding hydrogens is 298 g/mol. The van der Waals surface area contributed by atoms with Gasteiger partial charge >= 0.3 is 0 Å². The second kappa shape index (κ2) is 6.68. The third-order valence-electron chi connectivity index (χ3n) is 4.66. The maximum Gasteiger partial charge on any atom is 0.264 e. The number of carbonyl (C=O) groups is 1. The van der Waals surface area contributed by atoms with E-state index in [0.717, 1.165) is 24.4 Å². The van der Waals surface area contributed by atoms with Gasteiger partial charge in [-0.15, -0.1) is 0 Å². The van der Waals surface area contributed by atoms with E-state index in [1.54, 1.807) is 0 Å². The molecule has 3 rings (SSSR count). The highest BCUT2D eigenvalue weighted by molar-refractivity contribution is 5.96. The van der Waals surface area contributed by atoms with Gasteiger partial charge in [0, 0.05) is 12.2 Å². The van der Waals surface area contributed by atoms with E-state index in [2.05, 4.69) is 45.9 Å². The van der Waals surface area contributed by atoms with Gasteiger partial charge in [0.2, 0.25) is 0 Å². The summed E-state index contributed by atoms with van der Waals surface area (Å²) in [6.07, 6.45) is 0.922. The monoisotopic (exact) mass is 323 g/mol. The Morgan fingerprint density at radius 1 is 1.17 bits per heavy atom. The lowest BCUT2D eigenvalue weighted by molar-refractivity contribution is -0.120. The third-order valence-corrected chi connectivity index (χ3v) is 4.66. The maximum atomic E-state index is 12.5. The minimum atomic E-state index is 0.0168. The molecule has 2 aromatic rings.